The quantitative estimate of drug-likeness (QED) is 0.916. The number of carbonyl (C=O) groups excluding carboxylic acids is 1. The number of methoxy groups -OCH3 is 1. The fraction of sp³-hybridized carbons (Fsp3) is 0.667. The Bertz CT molecular complexity index is 682. The number of amides is 1. The summed E-state index contributed by atoms with van der Waals surface area (Å²) in [6, 6.07) is 6.58. The minimum atomic E-state index is -0.619. The third-order valence-electron chi connectivity index (χ3n) is 6.69. The van der Waals surface area contributed by atoms with Crippen molar-refractivity contribution in [1.29, 1.82) is 0 Å². The van der Waals surface area contributed by atoms with Crippen LogP contribution in [0.3, 0.4) is 0 Å². The van der Waals surface area contributed by atoms with Crippen LogP contribution in [0.2, 0.25) is 0 Å². The fourth-order valence-corrected chi connectivity index (χ4v) is 5.22. The first-order chi connectivity index (χ1) is 11.8. The van der Waals surface area contributed by atoms with E-state index in [1.807, 2.05) is 11.8 Å². The highest BCUT2D eigenvalue weighted by Crippen LogP contribution is 2.53. The van der Waals surface area contributed by atoms with Gasteiger partial charge in [-0.1, -0.05) is 12.1 Å². The van der Waals surface area contributed by atoms with Crippen molar-refractivity contribution in [2.75, 3.05) is 20.2 Å². The van der Waals surface area contributed by atoms with E-state index in [2.05, 4.69) is 25.1 Å². The van der Waals surface area contributed by atoms with Gasteiger partial charge in [0.1, 0.15) is 5.75 Å². The molecule has 1 unspecified atom stereocenters. The number of carbonyl (C=O) groups is 1. The van der Waals surface area contributed by atoms with Crippen LogP contribution < -0.4 is 4.74 Å². The van der Waals surface area contributed by atoms with Crippen LogP contribution in [0.25, 0.3) is 0 Å². The zero-order valence-electron chi connectivity index (χ0n) is 15.5. The number of hydrogen-bond acceptors (Lipinski definition) is 3. The number of likely N-dealkylation sites (tertiary alicyclic amines) is 1. The van der Waals surface area contributed by atoms with E-state index in [1.54, 1.807) is 7.11 Å². The Kier molecular flexibility index (Phi) is 3.87. The molecule has 3 aliphatic rings. The summed E-state index contributed by atoms with van der Waals surface area (Å²) >= 11 is 0. The van der Waals surface area contributed by atoms with E-state index in [4.69, 9.17) is 4.74 Å². The summed E-state index contributed by atoms with van der Waals surface area (Å²) in [7, 11) is 1.73. The van der Waals surface area contributed by atoms with Crippen LogP contribution in [0.5, 0.6) is 5.75 Å². The van der Waals surface area contributed by atoms with Crippen LogP contribution in [0.1, 0.15) is 56.1 Å². The second-order valence-corrected chi connectivity index (χ2v) is 8.97. The highest BCUT2D eigenvalue weighted by molar-refractivity contribution is 5.81. The van der Waals surface area contributed by atoms with E-state index in [1.165, 1.54) is 30.4 Å². The summed E-state index contributed by atoms with van der Waals surface area (Å²) in [4.78, 5) is 14.5. The van der Waals surface area contributed by atoms with E-state index in [9.17, 15) is 9.90 Å². The van der Waals surface area contributed by atoms with Gasteiger partial charge in [0, 0.05) is 24.4 Å². The molecule has 1 amide bonds. The number of rotatable bonds is 3. The number of aliphatic hydroxyl groups is 1. The summed E-state index contributed by atoms with van der Waals surface area (Å²) < 4.78 is 5.47. The number of aryl methyl sites for hydroxylation is 1. The zero-order valence-corrected chi connectivity index (χ0v) is 15.5. The molecule has 1 aliphatic heterocycles. The van der Waals surface area contributed by atoms with Crippen LogP contribution in [0, 0.1) is 18.3 Å². The Morgan fingerprint density at radius 2 is 2.00 bits per heavy atom. The van der Waals surface area contributed by atoms with E-state index < -0.39 is 5.60 Å². The Hall–Kier alpha value is -1.55. The summed E-state index contributed by atoms with van der Waals surface area (Å²) in [6.07, 6.45) is 4.83. The maximum Gasteiger partial charge on any atom is 0.225 e. The Labute approximate surface area is 150 Å². The second kappa shape index (κ2) is 5.73. The molecule has 3 fully saturated rings. The average Bonchev–Trinajstić information content (AvgIpc) is 2.96. The zero-order chi connectivity index (χ0) is 17.8. The fourth-order valence-electron chi connectivity index (χ4n) is 5.22. The molecule has 1 aromatic carbocycles. The first kappa shape index (κ1) is 16.9. The minimum Gasteiger partial charge on any atom is -0.496 e. The summed E-state index contributed by atoms with van der Waals surface area (Å²) in [6.45, 7) is 5.71. The summed E-state index contributed by atoms with van der Waals surface area (Å²) in [5, 5.41) is 9.85. The SMILES string of the molecule is COc1cc(C2CCC3(C2)CN(C(=O)[C@H]2C[C@@](C)(O)C2)C3)ccc1C. The van der Waals surface area contributed by atoms with Crippen molar-refractivity contribution in [3.05, 3.63) is 29.3 Å². The number of nitrogens with zero attached hydrogens (tertiary/aromatic N) is 1. The molecule has 0 aromatic heterocycles. The predicted octanol–water partition coefficient (Wildman–Crippen LogP) is 3.26. The van der Waals surface area contributed by atoms with E-state index in [-0.39, 0.29) is 11.8 Å². The molecule has 0 bridgehead atoms. The van der Waals surface area contributed by atoms with Crippen LogP contribution in [0.15, 0.2) is 18.2 Å². The van der Waals surface area contributed by atoms with Gasteiger partial charge < -0.3 is 14.7 Å². The second-order valence-electron chi connectivity index (χ2n) is 8.97. The van der Waals surface area contributed by atoms with Gasteiger partial charge in [-0.25, -0.2) is 0 Å². The van der Waals surface area contributed by atoms with Gasteiger partial charge in [-0.05, 0) is 69.1 Å². The Balaban J connectivity index is 1.35. The van der Waals surface area contributed by atoms with Crippen LogP contribution in [-0.4, -0.2) is 41.7 Å². The molecule has 1 N–H and O–H groups in total. The molecule has 0 radical (unpaired) electrons. The first-order valence-corrected chi connectivity index (χ1v) is 9.47. The molecule has 2 saturated carbocycles. The molecule has 2 aliphatic carbocycles. The van der Waals surface area contributed by atoms with Gasteiger partial charge >= 0.3 is 0 Å². The normalized spacial score (nSPS) is 33.0. The van der Waals surface area contributed by atoms with Gasteiger partial charge in [-0.15, -0.1) is 0 Å². The maximum atomic E-state index is 12.5. The van der Waals surface area contributed by atoms with Crippen molar-refractivity contribution in [3.63, 3.8) is 0 Å². The number of hydrogen-bond donors (Lipinski definition) is 1. The van der Waals surface area contributed by atoms with E-state index in [0.717, 1.165) is 18.8 Å². The number of ether oxygens (including phenoxy) is 1. The molecule has 1 aromatic rings. The maximum absolute atomic E-state index is 12.5. The van der Waals surface area contributed by atoms with Crippen molar-refractivity contribution in [2.24, 2.45) is 11.3 Å². The smallest absolute Gasteiger partial charge is 0.225 e. The molecule has 136 valence electrons. The third kappa shape index (κ3) is 2.95. The monoisotopic (exact) mass is 343 g/mol. The van der Waals surface area contributed by atoms with E-state index >= 15 is 0 Å². The highest BCUT2D eigenvalue weighted by atomic mass is 16.5. The summed E-state index contributed by atoms with van der Waals surface area (Å²) in [5.74, 6) is 1.86. The lowest BCUT2D eigenvalue weighted by atomic mass is 9.69. The van der Waals surface area contributed by atoms with Crippen LogP contribution >= 0.6 is 0 Å². The lowest BCUT2D eigenvalue weighted by molar-refractivity contribution is -0.161. The molecule has 4 heteroatoms. The van der Waals surface area contributed by atoms with Gasteiger partial charge in [-0.2, -0.15) is 0 Å². The van der Waals surface area contributed by atoms with Crippen molar-refractivity contribution in [2.45, 2.75) is 57.5 Å². The van der Waals surface area contributed by atoms with Gasteiger partial charge in [-0.3, -0.25) is 4.79 Å². The van der Waals surface area contributed by atoms with Crippen molar-refractivity contribution >= 4 is 5.91 Å². The highest BCUT2D eigenvalue weighted by Gasteiger charge is 2.53. The van der Waals surface area contributed by atoms with Gasteiger partial charge in [0.15, 0.2) is 0 Å². The molecular weight excluding hydrogens is 314 g/mol. The standard InChI is InChI=1S/C21H29NO3/c1-14-4-5-15(8-18(14)25-3)16-6-7-21(11-16)12-22(13-21)19(23)17-9-20(2,24)10-17/h4-5,8,16-17,24H,6-7,9-13H2,1-3H3/t16?,17-,20+. The molecule has 1 spiro atoms. The molecule has 4 rings (SSSR count). The van der Waals surface area contributed by atoms with Crippen molar-refractivity contribution in [1.82, 2.24) is 4.90 Å². The molecule has 1 heterocycles. The molecular formula is C21H29NO3. The number of benzene rings is 1. The molecule has 25 heavy (non-hydrogen) atoms. The minimum absolute atomic E-state index is 0.0471. The largest absolute Gasteiger partial charge is 0.496 e. The molecule has 4 nitrogen and oxygen atoms in total. The average molecular weight is 343 g/mol. The lowest BCUT2D eigenvalue weighted by Gasteiger charge is -2.52. The van der Waals surface area contributed by atoms with Crippen LogP contribution in [-0.2, 0) is 4.79 Å². The Morgan fingerprint density at radius 3 is 2.64 bits per heavy atom. The summed E-state index contributed by atoms with van der Waals surface area (Å²) in [5.41, 5.74) is 2.26. The van der Waals surface area contributed by atoms with Crippen LogP contribution in [0.4, 0.5) is 0 Å². The lowest BCUT2D eigenvalue weighted by Crippen LogP contribution is -2.61. The predicted molar refractivity (Wildman–Crippen MR) is 96.7 cm³/mol. The van der Waals surface area contributed by atoms with E-state index in [0.29, 0.717) is 24.2 Å². The van der Waals surface area contributed by atoms with Crippen molar-refractivity contribution in [3.8, 4) is 5.75 Å². The van der Waals surface area contributed by atoms with Gasteiger partial charge in [0.25, 0.3) is 0 Å². The van der Waals surface area contributed by atoms with Gasteiger partial charge in [0.05, 0.1) is 12.7 Å². The molecule has 1 atom stereocenters. The Morgan fingerprint density at radius 1 is 1.28 bits per heavy atom. The third-order valence-corrected chi connectivity index (χ3v) is 6.69. The first-order valence-electron chi connectivity index (χ1n) is 9.47. The molecule has 1 saturated heterocycles. The topological polar surface area (TPSA) is 49.8 Å². The van der Waals surface area contributed by atoms with Gasteiger partial charge in [0.2, 0.25) is 5.91 Å². The van der Waals surface area contributed by atoms with Crippen molar-refractivity contribution < 1.29 is 14.6 Å².